The van der Waals surface area contributed by atoms with E-state index in [1.165, 1.54) is 13.0 Å². The molecular weight excluding hydrogens is 396 g/mol. The number of aliphatic hydroxyl groups is 5. The molecule has 0 amide bonds. The third-order valence-corrected chi connectivity index (χ3v) is 3.51. The quantitative estimate of drug-likeness (QED) is 0.230. The number of aliphatic hydroxyl groups excluding tert-OH is 5. The Morgan fingerprint density at radius 1 is 1.03 bits per heavy atom. The molecule has 1 aliphatic heterocycles. The minimum atomic E-state index is -1.60. The molecule has 0 aromatic heterocycles. The molecule has 0 aromatic carbocycles. The van der Waals surface area contributed by atoms with Crippen LogP contribution in [0.15, 0.2) is 12.2 Å². The zero-order chi connectivity index (χ0) is 22.4. The zero-order valence-electron chi connectivity index (χ0n) is 16.1. The molecule has 9 heteroatoms. The number of rotatable bonds is 6. The minimum Gasteiger partial charge on any atom is -0.462 e. The summed E-state index contributed by atoms with van der Waals surface area (Å²) in [6, 6.07) is 0. The van der Waals surface area contributed by atoms with Crippen molar-refractivity contribution in [1.82, 2.24) is 0 Å². The lowest BCUT2D eigenvalue weighted by molar-refractivity contribution is -0.308. The number of carbonyl (C=O) groups is 1. The van der Waals surface area contributed by atoms with Gasteiger partial charge in [-0.25, -0.2) is 0 Å². The van der Waals surface area contributed by atoms with Crippen LogP contribution < -0.4 is 0 Å². The molecule has 0 radical (unpaired) electrons. The summed E-state index contributed by atoms with van der Waals surface area (Å²) in [6.45, 7) is 0.275. The highest BCUT2D eigenvalue weighted by Crippen LogP contribution is 2.22. The van der Waals surface area contributed by atoms with Gasteiger partial charge in [0.05, 0.1) is 13.2 Å². The molecular formula is C21H22O9. The Morgan fingerprint density at radius 3 is 2.33 bits per heavy atom. The molecule has 0 saturated carbocycles. The normalized spacial score (nSPS) is 25.9. The average Bonchev–Trinajstić information content (AvgIpc) is 2.73. The monoisotopic (exact) mass is 418 g/mol. The van der Waals surface area contributed by atoms with Crippen LogP contribution in [0.1, 0.15) is 6.92 Å². The van der Waals surface area contributed by atoms with E-state index in [1.54, 1.807) is 6.08 Å². The van der Waals surface area contributed by atoms with Gasteiger partial charge in [-0.05, 0) is 47.7 Å². The number of allylic oxidation sites excluding steroid dienone is 1. The predicted octanol–water partition coefficient (Wildman–Crippen LogP) is -2.70. The van der Waals surface area contributed by atoms with Gasteiger partial charge in [0.15, 0.2) is 6.29 Å². The first-order valence-electron chi connectivity index (χ1n) is 8.77. The Bertz CT molecular complexity index is 833. The molecule has 0 bridgehead atoms. The van der Waals surface area contributed by atoms with Gasteiger partial charge in [-0.2, -0.15) is 0 Å². The van der Waals surface area contributed by atoms with Crippen molar-refractivity contribution in [3.63, 3.8) is 0 Å². The minimum absolute atomic E-state index is 0.129. The Balaban J connectivity index is 2.56. The highest BCUT2D eigenvalue weighted by atomic mass is 16.7. The van der Waals surface area contributed by atoms with Crippen LogP contribution >= 0.6 is 0 Å². The van der Waals surface area contributed by atoms with Crippen LogP contribution in [0.5, 0.6) is 0 Å². The lowest BCUT2D eigenvalue weighted by Gasteiger charge is -2.40. The Kier molecular flexibility index (Phi) is 11.9. The predicted molar refractivity (Wildman–Crippen MR) is 103 cm³/mol. The lowest BCUT2D eigenvalue weighted by Crippen LogP contribution is -2.59. The van der Waals surface area contributed by atoms with E-state index in [2.05, 4.69) is 52.1 Å². The van der Waals surface area contributed by atoms with E-state index < -0.39 is 50.0 Å². The Labute approximate surface area is 174 Å². The summed E-state index contributed by atoms with van der Waals surface area (Å²) in [4.78, 5) is 10.5. The molecule has 9 nitrogen and oxygen atoms in total. The number of ether oxygens (including phenoxy) is 3. The van der Waals surface area contributed by atoms with E-state index in [0.29, 0.717) is 0 Å². The van der Waals surface area contributed by atoms with Crippen molar-refractivity contribution in [2.75, 3.05) is 19.8 Å². The summed E-state index contributed by atoms with van der Waals surface area (Å²) in [7, 11) is 0. The van der Waals surface area contributed by atoms with Crippen LogP contribution in [-0.2, 0) is 19.0 Å². The van der Waals surface area contributed by atoms with Crippen LogP contribution in [0.2, 0.25) is 0 Å². The van der Waals surface area contributed by atoms with E-state index in [1.807, 2.05) is 0 Å². The molecule has 0 aliphatic carbocycles. The summed E-state index contributed by atoms with van der Waals surface area (Å²) in [5.74, 6) is 19.3. The fourth-order valence-corrected chi connectivity index (χ4v) is 2.06. The maximum absolute atomic E-state index is 10.5. The van der Waals surface area contributed by atoms with Crippen molar-refractivity contribution >= 4 is 5.97 Å². The Morgan fingerprint density at radius 2 is 1.70 bits per heavy atom. The second kappa shape index (κ2) is 14.2. The Hall–Kier alpha value is -2.83. The second-order valence-corrected chi connectivity index (χ2v) is 5.75. The van der Waals surface area contributed by atoms with Crippen molar-refractivity contribution in [2.24, 2.45) is 0 Å². The molecule has 0 aromatic rings. The maximum atomic E-state index is 10.5. The standard InChI is InChI=1S/C21H22O9/c1-15(24)28-12-10-8-6-4-2-3-5-7-9-11-16(13-22)29-21-20(27)19(26)18(25)17(14-23)30-21/h8,10,16-23,25-27H,12-14H2,1H3/b10-8+/t16?,17-,18-,19+,20-,21-/m1/s1. The largest absolute Gasteiger partial charge is 0.462 e. The highest BCUT2D eigenvalue weighted by molar-refractivity contribution is 5.66. The summed E-state index contributed by atoms with van der Waals surface area (Å²) in [5, 5.41) is 47.8. The van der Waals surface area contributed by atoms with Crippen LogP contribution in [0.4, 0.5) is 0 Å². The van der Waals surface area contributed by atoms with Crippen LogP contribution in [0.25, 0.3) is 0 Å². The molecule has 30 heavy (non-hydrogen) atoms. The topological polar surface area (TPSA) is 146 Å². The molecule has 1 rings (SSSR count). The lowest BCUT2D eigenvalue weighted by atomic mass is 9.99. The van der Waals surface area contributed by atoms with E-state index in [0.717, 1.165) is 0 Å². The second-order valence-electron chi connectivity index (χ2n) is 5.75. The van der Waals surface area contributed by atoms with Gasteiger partial charge in [-0.1, -0.05) is 11.8 Å². The number of hydrogen-bond donors (Lipinski definition) is 5. The molecule has 1 aliphatic rings. The molecule has 6 atom stereocenters. The van der Waals surface area contributed by atoms with E-state index in [4.69, 9.17) is 14.6 Å². The average molecular weight is 418 g/mol. The first-order chi connectivity index (χ1) is 14.4. The summed E-state index contributed by atoms with van der Waals surface area (Å²) >= 11 is 0. The van der Waals surface area contributed by atoms with Crippen LogP contribution in [0, 0.1) is 47.4 Å². The van der Waals surface area contributed by atoms with Gasteiger partial charge in [0.1, 0.15) is 37.1 Å². The van der Waals surface area contributed by atoms with E-state index in [9.17, 15) is 25.2 Å². The van der Waals surface area contributed by atoms with Gasteiger partial charge < -0.3 is 39.7 Å². The first kappa shape index (κ1) is 25.2. The van der Waals surface area contributed by atoms with Crippen molar-refractivity contribution in [3.05, 3.63) is 12.2 Å². The van der Waals surface area contributed by atoms with Gasteiger partial charge in [-0.15, -0.1) is 0 Å². The van der Waals surface area contributed by atoms with E-state index >= 15 is 0 Å². The van der Waals surface area contributed by atoms with Crippen molar-refractivity contribution < 1.29 is 44.5 Å². The third-order valence-electron chi connectivity index (χ3n) is 3.51. The maximum Gasteiger partial charge on any atom is 0.302 e. The van der Waals surface area contributed by atoms with Crippen LogP contribution in [-0.4, -0.2) is 88.1 Å². The van der Waals surface area contributed by atoms with Gasteiger partial charge in [0.2, 0.25) is 0 Å². The molecule has 5 N–H and O–H groups in total. The van der Waals surface area contributed by atoms with Gasteiger partial charge in [-0.3, -0.25) is 4.79 Å². The third kappa shape index (κ3) is 9.11. The number of hydrogen-bond acceptors (Lipinski definition) is 9. The zero-order valence-corrected chi connectivity index (χ0v) is 16.1. The van der Waals surface area contributed by atoms with Gasteiger partial charge in [0.25, 0.3) is 0 Å². The molecule has 0 spiro atoms. The molecule has 1 unspecified atom stereocenters. The SMILES string of the molecule is CC(=O)OC/C=C/C#CC#CC#CC#CC(CO)O[C@@H]1O[C@H](CO)[C@@H](O)[C@H](O)[C@H]1O. The fourth-order valence-electron chi connectivity index (χ4n) is 2.06. The van der Waals surface area contributed by atoms with Crippen molar-refractivity contribution in [2.45, 2.75) is 43.7 Å². The summed E-state index contributed by atoms with van der Waals surface area (Å²) in [5.41, 5.74) is 0. The molecule has 160 valence electrons. The van der Waals surface area contributed by atoms with E-state index in [-0.39, 0.29) is 12.6 Å². The summed E-state index contributed by atoms with van der Waals surface area (Å²) < 4.78 is 15.1. The fraction of sp³-hybridized carbons (Fsp3) is 0.476. The highest BCUT2D eigenvalue weighted by Gasteiger charge is 2.44. The molecule has 1 fully saturated rings. The molecule has 1 heterocycles. The number of carbonyl (C=O) groups excluding carboxylic acids is 1. The van der Waals surface area contributed by atoms with Crippen molar-refractivity contribution in [3.8, 4) is 47.4 Å². The van der Waals surface area contributed by atoms with Crippen molar-refractivity contribution in [1.29, 1.82) is 0 Å². The number of esters is 1. The smallest absolute Gasteiger partial charge is 0.302 e. The van der Waals surface area contributed by atoms with Crippen LogP contribution in [0.3, 0.4) is 0 Å². The summed E-state index contributed by atoms with van der Waals surface area (Å²) in [6.07, 6.45) is -5.32. The first-order valence-corrected chi connectivity index (χ1v) is 8.77. The molecule has 1 saturated heterocycles. The van der Waals surface area contributed by atoms with Gasteiger partial charge in [0, 0.05) is 6.92 Å². The van der Waals surface area contributed by atoms with Gasteiger partial charge >= 0.3 is 5.97 Å².